The van der Waals surface area contributed by atoms with Gasteiger partial charge >= 0.3 is 5.97 Å². The molecule has 0 aromatic carbocycles. The van der Waals surface area contributed by atoms with Crippen molar-refractivity contribution in [2.75, 3.05) is 31.3 Å². The highest BCUT2D eigenvalue weighted by Crippen LogP contribution is 2.25. The quantitative estimate of drug-likeness (QED) is 0.727. The third kappa shape index (κ3) is 4.20. The maximum atomic E-state index is 14.8. The first-order valence-electron chi connectivity index (χ1n) is 9.34. The molecule has 10 heteroatoms. The zero-order chi connectivity index (χ0) is 21.1. The summed E-state index contributed by atoms with van der Waals surface area (Å²) in [7, 11) is 0. The van der Waals surface area contributed by atoms with Crippen LogP contribution < -0.4 is 15.6 Å². The molecule has 29 heavy (non-hydrogen) atoms. The number of alkyl halides is 1. The van der Waals surface area contributed by atoms with Crippen molar-refractivity contribution in [2.24, 2.45) is 0 Å². The number of esters is 1. The van der Waals surface area contributed by atoms with Crippen LogP contribution in [0.5, 0.6) is 0 Å². The fourth-order valence-corrected chi connectivity index (χ4v) is 3.47. The van der Waals surface area contributed by atoms with E-state index in [2.05, 4.69) is 10.3 Å². The molecule has 3 rings (SSSR count). The van der Waals surface area contributed by atoms with Crippen LogP contribution in [0, 0.1) is 5.82 Å². The third-order valence-corrected chi connectivity index (χ3v) is 4.70. The Morgan fingerprint density at radius 2 is 2.17 bits per heavy atom. The smallest absolute Gasteiger partial charge is 0.343 e. The summed E-state index contributed by atoms with van der Waals surface area (Å²) in [5.74, 6) is -1.74. The molecule has 0 radical (unpaired) electrons. The van der Waals surface area contributed by atoms with Gasteiger partial charge in [-0.15, -0.1) is 0 Å². The molecule has 156 valence electrons. The highest BCUT2D eigenvalue weighted by atomic mass is 19.1. The van der Waals surface area contributed by atoms with Crippen molar-refractivity contribution in [2.45, 2.75) is 32.9 Å². The van der Waals surface area contributed by atoms with Crippen LogP contribution in [-0.2, 0) is 16.1 Å². The molecule has 0 saturated carbocycles. The zero-order valence-electron chi connectivity index (χ0n) is 16.2. The van der Waals surface area contributed by atoms with Gasteiger partial charge in [-0.1, -0.05) is 0 Å². The number of hydrogen-bond acceptors (Lipinski definition) is 6. The Labute approximate surface area is 165 Å². The Morgan fingerprint density at radius 3 is 2.83 bits per heavy atom. The van der Waals surface area contributed by atoms with Crippen molar-refractivity contribution in [1.82, 2.24) is 14.9 Å². The van der Waals surface area contributed by atoms with Crippen molar-refractivity contribution in [1.29, 1.82) is 0 Å². The molecule has 8 nitrogen and oxygen atoms in total. The number of halogens is 2. The van der Waals surface area contributed by atoms with Gasteiger partial charge in [0, 0.05) is 32.3 Å². The second-order valence-corrected chi connectivity index (χ2v) is 6.77. The van der Waals surface area contributed by atoms with Gasteiger partial charge in [-0.3, -0.25) is 9.59 Å². The summed E-state index contributed by atoms with van der Waals surface area (Å²) in [5, 5.41) is 2.66. The van der Waals surface area contributed by atoms with E-state index in [9.17, 15) is 23.2 Å². The van der Waals surface area contributed by atoms with E-state index in [0.29, 0.717) is 19.5 Å². The first kappa shape index (κ1) is 20.7. The first-order chi connectivity index (χ1) is 13.8. The van der Waals surface area contributed by atoms with E-state index < -0.39 is 23.9 Å². The Kier molecular flexibility index (Phi) is 6.09. The van der Waals surface area contributed by atoms with Crippen LogP contribution in [0.15, 0.2) is 17.1 Å². The lowest BCUT2D eigenvalue weighted by Crippen LogP contribution is -2.36. The average Bonchev–Trinajstić information content (AvgIpc) is 3.11. The van der Waals surface area contributed by atoms with Crippen molar-refractivity contribution >= 4 is 28.7 Å². The summed E-state index contributed by atoms with van der Waals surface area (Å²) in [6, 6.07) is 0.882. The number of nitrogens with zero attached hydrogens (tertiary/aromatic N) is 3. The lowest BCUT2D eigenvalue weighted by molar-refractivity contribution is -0.119. The van der Waals surface area contributed by atoms with Gasteiger partial charge in [-0.25, -0.2) is 18.6 Å². The molecule has 1 amide bonds. The lowest BCUT2D eigenvalue weighted by atomic mass is 10.2. The lowest BCUT2D eigenvalue weighted by Gasteiger charge is -2.20. The number of fused-ring (bicyclic) bond motifs is 1. The number of hydrogen-bond donors (Lipinski definition) is 1. The summed E-state index contributed by atoms with van der Waals surface area (Å²) in [6.45, 7) is 2.98. The molecule has 2 aromatic heterocycles. The van der Waals surface area contributed by atoms with E-state index in [1.807, 2.05) is 0 Å². The number of ether oxygens (including phenoxy) is 1. The van der Waals surface area contributed by atoms with Crippen molar-refractivity contribution in [3.8, 4) is 0 Å². The summed E-state index contributed by atoms with van der Waals surface area (Å²) in [4.78, 5) is 41.9. The van der Waals surface area contributed by atoms with Gasteiger partial charge in [0.1, 0.15) is 17.9 Å². The monoisotopic (exact) mass is 408 g/mol. The van der Waals surface area contributed by atoms with Crippen molar-refractivity contribution in [3.63, 3.8) is 0 Å². The molecule has 1 atom stereocenters. The molecular formula is C19H22F2N4O4. The Balaban J connectivity index is 2.07. The minimum Gasteiger partial charge on any atom is -0.462 e. The number of pyridine rings is 2. The molecule has 2 aromatic rings. The third-order valence-electron chi connectivity index (χ3n) is 4.70. The normalized spacial score (nSPS) is 16.3. The minimum atomic E-state index is -0.853. The largest absolute Gasteiger partial charge is 0.462 e. The number of carbonyl (C=O) groups excluding carboxylic acids is 2. The molecular weight excluding hydrogens is 386 g/mol. The molecule has 1 aliphatic rings. The Morgan fingerprint density at radius 1 is 1.41 bits per heavy atom. The molecule has 1 fully saturated rings. The molecule has 0 aliphatic carbocycles. The standard InChI is InChI=1S/C19H22F2N4O4/c1-3-29-19(28)14-10-25(7-5-20)17-13(16(14)27)8-15(21)18(23-17)24-6-4-12(9-24)22-11(2)26/h8,10,12H,3-7,9H2,1-2H3,(H,22,26). The molecule has 0 spiro atoms. The number of aromatic nitrogens is 2. The second-order valence-electron chi connectivity index (χ2n) is 6.77. The zero-order valence-corrected chi connectivity index (χ0v) is 16.2. The Bertz CT molecular complexity index is 1010. The fourth-order valence-electron chi connectivity index (χ4n) is 3.47. The van der Waals surface area contributed by atoms with Crippen LogP contribution in [0.2, 0.25) is 0 Å². The van der Waals surface area contributed by atoms with Crippen LogP contribution in [0.4, 0.5) is 14.6 Å². The van der Waals surface area contributed by atoms with Crippen LogP contribution in [-0.4, -0.2) is 53.8 Å². The fraction of sp³-hybridized carbons (Fsp3) is 0.474. The predicted molar refractivity (Wildman–Crippen MR) is 102 cm³/mol. The molecule has 1 N–H and O–H groups in total. The van der Waals surface area contributed by atoms with Gasteiger partial charge in [0.25, 0.3) is 0 Å². The van der Waals surface area contributed by atoms with Crippen LogP contribution >= 0.6 is 0 Å². The summed E-state index contributed by atoms with van der Waals surface area (Å²) < 4.78 is 34.1. The highest BCUT2D eigenvalue weighted by Gasteiger charge is 2.27. The van der Waals surface area contributed by atoms with E-state index in [0.717, 1.165) is 6.07 Å². The first-order valence-corrected chi connectivity index (χ1v) is 9.34. The molecule has 1 saturated heterocycles. The van der Waals surface area contributed by atoms with Gasteiger partial charge in [-0.05, 0) is 19.4 Å². The SMILES string of the molecule is CCOC(=O)c1cn(CCF)c2nc(N3CCC(NC(C)=O)C3)c(F)cc2c1=O. The van der Waals surface area contributed by atoms with E-state index in [1.165, 1.54) is 17.7 Å². The highest BCUT2D eigenvalue weighted by molar-refractivity contribution is 5.93. The molecule has 1 aliphatic heterocycles. The maximum Gasteiger partial charge on any atom is 0.343 e. The Hall–Kier alpha value is -3.04. The van der Waals surface area contributed by atoms with E-state index in [1.54, 1.807) is 11.8 Å². The molecule has 1 unspecified atom stereocenters. The van der Waals surface area contributed by atoms with Gasteiger partial charge in [0.05, 0.1) is 18.5 Å². The van der Waals surface area contributed by atoms with Gasteiger partial charge in [-0.2, -0.15) is 0 Å². The topological polar surface area (TPSA) is 93.5 Å². The van der Waals surface area contributed by atoms with Crippen molar-refractivity contribution in [3.05, 3.63) is 33.9 Å². The minimum absolute atomic E-state index is 0.0150. The maximum absolute atomic E-state index is 14.8. The second kappa shape index (κ2) is 8.54. The van der Waals surface area contributed by atoms with Gasteiger partial charge < -0.3 is 19.5 Å². The number of anilines is 1. The van der Waals surface area contributed by atoms with Crippen LogP contribution in [0.25, 0.3) is 11.0 Å². The summed E-state index contributed by atoms with van der Waals surface area (Å²) >= 11 is 0. The van der Waals surface area contributed by atoms with Gasteiger partial charge in [0.15, 0.2) is 11.6 Å². The number of aryl methyl sites for hydroxylation is 1. The van der Waals surface area contributed by atoms with Crippen LogP contribution in [0.3, 0.4) is 0 Å². The number of amides is 1. The molecule has 0 bridgehead atoms. The number of nitrogens with one attached hydrogen (secondary N) is 1. The van der Waals surface area contributed by atoms with Gasteiger partial charge in [0.2, 0.25) is 11.3 Å². The van der Waals surface area contributed by atoms with E-state index >= 15 is 0 Å². The van der Waals surface area contributed by atoms with Crippen molar-refractivity contribution < 1.29 is 23.1 Å². The number of carbonyl (C=O) groups is 2. The molecule has 3 heterocycles. The van der Waals surface area contributed by atoms with E-state index in [4.69, 9.17) is 4.74 Å². The van der Waals surface area contributed by atoms with E-state index in [-0.39, 0.29) is 47.5 Å². The number of rotatable bonds is 6. The summed E-state index contributed by atoms with van der Waals surface area (Å²) in [6.07, 6.45) is 1.82. The average molecular weight is 408 g/mol. The van der Waals surface area contributed by atoms with Crippen LogP contribution in [0.1, 0.15) is 30.6 Å². The predicted octanol–water partition coefficient (Wildman–Crippen LogP) is 1.40. The summed E-state index contributed by atoms with van der Waals surface area (Å²) in [5.41, 5.74) is -0.933.